The molecule has 9 heteroatoms. The first-order valence-corrected chi connectivity index (χ1v) is 12.3. The summed E-state index contributed by atoms with van der Waals surface area (Å²) in [6.07, 6.45) is 3.09. The van der Waals surface area contributed by atoms with E-state index in [0.29, 0.717) is 19.4 Å². The summed E-state index contributed by atoms with van der Waals surface area (Å²) in [6, 6.07) is 8.30. The summed E-state index contributed by atoms with van der Waals surface area (Å²) in [5.74, 6) is -1.12. The van der Waals surface area contributed by atoms with E-state index in [1.807, 2.05) is 6.07 Å². The standard InChI is InChI=1S/C20H26N2O5S2/c1-2-27-19(23)13-28-16-7-9-17(10-8-16)29(25,26)14-15-5-3-4-6-18(15)20(24)22-12-11-21/h7-10,15,18H,2-6,12-14H2,1H3,(H,22,24)/t15-,18+/m1/s1. The van der Waals surface area contributed by atoms with E-state index in [-0.39, 0.29) is 46.7 Å². The molecule has 1 N–H and O–H groups in total. The third-order valence-electron chi connectivity index (χ3n) is 4.87. The lowest BCUT2D eigenvalue weighted by Crippen LogP contribution is -2.39. The van der Waals surface area contributed by atoms with E-state index in [0.717, 1.165) is 17.7 Å². The minimum absolute atomic E-state index is 0.0697. The minimum Gasteiger partial charge on any atom is -0.465 e. The molecule has 1 aromatic carbocycles. The van der Waals surface area contributed by atoms with Crippen molar-refractivity contribution in [1.29, 1.82) is 5.26 Å². The molecule has 29 heavy (non-hydrogen) atoms. The number of rotatable bonds is 9. The highest BCUT2D eigenvalue weighted by Crippen LogP contribution is 2.33. The van der Waals surface area contributed by atoms with Gasteiger partial charge in [-0.15, -0.1) is 11.8 Å². The third-order valence-corrected chi connectivity index (χ3v) is 7.71. The number of carbonyl (C=O) groups is 2. The molecule has 1 aromatic rings. The Hall–Kier alpha value is -2.05. The Labute approximate surface area is 176 Å². The molecule has 1 amide bonds. The molecular formula is C20H26N2O5S2. The van der Waals surface area contributed by atoms with Gasteiger partial charge < -0.3 is 10.1 Å². The van der Waals surface area contributed by atoms with Gasteiger partial charge in [0.1, 0.15) is 6.54 Å². The molecule has 2 atom stereocenters. The summed E-state index contributed by atoms with van der Waals surface area (Å²) in [5.41, 5.74) is 0. The number of nitriles is 1. The summed E-state index contributed by atoms with van der Waals surface area (Å²) in [5, 5.41) is 11.2. The van der Waals surface area contributed by atoms with Crippen molar-refractivity contribution in [3.05, 3.63) is 24.3 Å². The number of ether oxygens (including phenoxy) is 1. The van der Waals surface area contributed by atoms with Crippen molar-refractivity contribution in [3.63, 3.8) is 0 Å². The van der Waals surface area contributed by atoms with Crippen LogP contribution in [-0.4, -0.2) is 45.0 Å². The van der Waals surface area contributed by atoms with Crippen LogP contribution in [0.4, 0.5) is 0 Å². The van der Waals surface area contributed by atoms with Crippen LogP contribution in [0.1, 0.15) is 32.6 Å². The maximum Gasteiger partial charge on any atom is 0.316 e. The Balaban J connectivity index is 2.02. The van der Waals surface area contributed by atoms with E-state index in [2.05, 4.69) is 5.32 Å². The summed E-state index contributed by atoms with van der Waals surface area (Å²) in [6.45, 7) is 2.00. The zero-order chi connectivity index (χ0) is 21.3. The average molecular weight is 439 g/mol. The molecule has 0 spiro atoms. The Kier molecular flexibility index (Phi) is 8.99. The zero-order valence-corrected chi connectivity index (χ0v) is 18.1. The molecule has 1 aliphatic rings. The van der Waals surface area contributed by atoms with E-state index in [1.54, 1.807) is 19.1 Å². The SMILES string of the molecule is CCOC(=O)CSc1ccc(S(=O)(=O)C[C@H]2CCCC[C@@H]2C(=O)NCC#N)cc1. The lowest BCUT2D eigenvalue weighted by atomic mass is 9.80. The van der Waals surface area contributed by atoms with E-state index < -0.39 is 9.84 Å². The second-order valence-electron chi connectivity index (χ2n) is 6.87. The number of thioether (sulfide) groups is 1. The van der Waals surface area contributed by atoms with Gasteiger partial charge in [0.15, 0.2) is 9.84 Å². The van der Waals surface area contributed by atoms with Crippen LogP contribution >= 0.6 is 11.8 Å². The second kappa shape index (κ2) is 11.2. The van der Waals surface area contributed by atoms with Gasteiger partial charge in [0, 0.05) is 10.8 Å². The van der Waals surface area contributed by atoms with Gasteiger partial charge in [0.05, 0.1) is 29.1 Å². The molecule has 0 radical (unpaired) electrons. The molecule has 0 aromatic heterocycles. The Morgan fingerprint density at radius 2 is 1.93 bits per heavy atom. The monoisotopic (exact) mass is 438 g/mol. The van der Waals surface area contributed by atoms with E-state index in [1.165, 1.54) is 23.9 Å². The number of amides is 1. The Morgan fingerprint density at radius 3 is 2.59 bits per heavy atom. The lowest BCUT2D eigenvalue weighted by Gasteiger charge is -2.30. The van der Waals surface area contributed by atoms with Gasteiger partial charge in [0.25, 0.3) is 0 Å². The summed E-state index contributed by atoms with van der Waals surface area (Å²) >= 11 is 1.29. The van der Waals surface area contributed by atoms with Crippen molar-refractivity contribution in [1.82, 2.24) is 5.32 Å². The molecule has 0 heterocycles. The number of hydrogen-bond donors (Lipinski definition) is 1. The van der Waals surface area contributed by atoms with Gasteiger partial charge >= 0.3 is 5.97 Å². The van der Waals surface area contributed by atoms with Crippen molar-refractivity contribution in [3.8, 4) is 6.07 Å². The van der Waals surface area contributed by atoms with Crippen LogP contribution in [0.5, 0.6) is 0 Å². The van der Waals surface area contributed by atoms with Crippen LogP contribution in [0.3, 0.4) is 0 Å². The van der Waals surface area contributed by atoms with Crippen molar-refractivity contribution < 1.29 is 22.7 Å². The highest BCUT2D eigenvalue weighted by molar-refractivity contribution is 8.00. The number of nitrogens with zero attached hydrogens (tertiary/aromatic N) is 1. The minimum atomic E-state index is -3.55. The molecule has 0 bridgehead atoms. The first-order valence-electron chi connectivity index (χ1n) is 9.63. The number of hydrogen-bond acceptors (Lipinski definition) is 7. The number of sulfone groups is 1. The number of benzene rings is 1. The smallest absolute Gasteiger partial charge is 0.316 e. The van der Waals surface area contributed by atoms with E-state index in [9.17, 15) is 18.0 Å². The Morgan fingerprint density at radius 1 is 1.24 bits per heavy atom. The van der Waals surface area contributed by atoms with Crippen LogP contribution in [0.2, 0.25) is 0 Å². The van der Waals surface area contributed by atoms with Gasteiger partial charge in [-0.25, -0.2) is 8.42 Å². The van der Waals surface area contributed by atoms with Crippen LogP contribution in [-0.2, 0) is 24.2 Å². The van der Waals surface area contributed by atoms with Gasteiger partial charge in [0.2, 0.25) is 5.91 Å². The predicted molar refractivity (Wildman–Crippen MR) is 110 cm³/mol. The van der Waals surface area contributed by atoms with Crippen molar-refractivity contribution in [2.24, 2.45) is 11.8 Å². The fraction of sp³-hybridized carbons (Fsp3) is 0.550. The van der Waals surface area contributed by atoms with Crippen molar-refractivity contribution in [2.45, 2.75) is 42.4 Å². The molecule has 0 aliphatic heterocycles. The highest BCUT2D eigenvalue weighted by atomic mass is 32.2. The topological polar surface area (TPSA) is 113 Å². The van der Waals surface area contributed by atoms with Crippen LogP contribution in [0.15, 0.2) is 34.1 Å². The zero-order valence-electron chi connectivity index (χ0n) is 16.4. The molecule has 0 unspecified atom stereocenters. The average Bonchev–Trinajstić information content (AvgIpc) is 2.71. The van der Waals surface area contributed by atoms with Crippen LogP contribution in [0, 0.1) is 23.2 Å². The predicted octanol–water partition coefficient (Wildman–Crippen LogP) is 2.56. The normalized spacial score (nSPS) is 19.2. The van der Waals surface area contributed by atoms with Gasteiger partial charge in [-0.1, -0.05) is 12.8 Å². The first kappa shape index (κ1) is 23.2. The quantitative estimate of drug-likeness (QED) is 0.358. The van der Waals surface area contributed by atoms with Gasteiger partial charge in [-0.2, -0.15) is 5.26 Å². The molecule has 7 nitrogen and oxygen atoms in total. The Bertz CT molecular complexity index is 847. The summed E-state index contributed by atoms with van der Waals surface area (Å²) in [7, 11) is -3.55. The molecule has 1 fully saturated rings. The summed E-state index contributed by atoms with van der Waals surface area (Å²) < 4.78 is 30.6. The number of nitrogens with one attached hydrogen (secondary N) is 1. The summed E-state index contributed by atoms with van der Waals surface area (Å²) in [4.78, 5) is 24.7. The van der Waals surface area contributed by atoms with Gasteiger partial charge in [-0.3, -0.25) is 9.59 Å². The molecule has 158 valence electrons. The molecular weight excluding hydrogens is 412 g/mol. The maximum atomic E-state index is 12.9. The van der Waals surface area contributed by atoms with Gasteiger partial charge in [-0.05, 0) is 49.9 Å². The van der Waals surface area contributed by atoms with E-state index in [4.69, 9.17) is 10.00 Å². The fourth-order valence-corrected chi connectivity index (χ4v) is 5.88. The largest absolute Gasteiger partial charge is 0.465 e. The van der Waals surface area contributed by atoms with E-state index >= 15 is 0 Å². The fourth-order valence-electron chi connectivity index (χ4n) is 3.48. The first-order chi connectivity index (χ1) is 13.9. The highest BCUT2D eigenvalue weighted by Gasteiger charge is 2.34. The lowest BCUT2D eigenvalue weighted by molar-refractivity contribution is -0.139. The number of carbonyl (C=O) groups excluding carboxylic acids is 2. The van der Waals surface area contributed by atoms with Crippen molar-refractivity contribution >= 4 is 33.5 Å². The van der Waals surface area contributed by atoms with Crippen LogP contribution < -0.4 is 5.32 Å². The second-order valence-corrected chi connectivity index (χ2v) is 9.96. The molecule has 1 aliphatic carbocycles. The molecule has 0 saturated heterocycles. The van der Waals surface area contributed by atoms with Crippen LogP contribution in [0.25, 0.3) is 0 Å². The third kappa shape index (κ3) is 7.05. The molecule has 1 saturated carbocycles. The number of esters is 1. The molecule has 2 rings (SSSR count). The van der Waals surface area contributed by atoms with Crippen molar-refractivity contribution in [2.75, 3.05) is 24.7 Å². The maximum absolute atomic E-state index is 12.9.